The predicted molar refractivity (Wildman–Crippen MR) is 56.8 cm³/mol. The highest BCUT2D eigenvalue weighted by molar-refractivity contribution is 4.82. The Bertz CT molecular complexity index is 148. The summed E-state index contributed by atoms with van der Waals surface area (Å²) in [7, 11) is 2.03. The second kappa shape index (κ2) is 4.40. The minimum Gasteiger partial charge on any atom is -0.303 e. The fourth-order valence-corrected chi connectivity index (χ4v) is 1.78. The Morgan fingerprint density at radius 1 is 1.15 bits per heavy atom. The normalized spacial score (nSPS) is 22.2. The summed E-state index contributed by atoms with van der Waals surface area (Å²) >= 11 is 0. The van der Waals surface area contributed by atoms with Crippen LogP contribution in [-0.2, 0) is 0 Å². The molecular formula is C10H23N3. The Morgan fingerprint density at radius 2 is 1.69 bits per heavy atom. The van der Waals surface area contributed by atoms with E-state index in [4.69, 9.17) is 0 Å². The number of piperazine rings is 1. The van der Waals surface area contributed by atoms with Gasteiger partial charge in [-0.25, -0.2) is 0 Å². The molecule has 3 heteroatoms. The van der Waals surface area contributed by atoms with E-state index in [1.807, 2.05) is 7.05 Å². The zero-order valence-electron chi connectivity index (χ0n) is 9.43. The summed E-state index contributed by atoms with van der Waals surface area (Å²) in [6.07, 6.45) is 0. The Hall–Kier alpha value is -0.120. The molecule has 1 N–H and O–H groups in total. The van der Waals surface area contributed by atoms with Gasteiger partial charge in [-0.1, -0.05) is 6.92 Å². The van der Waals surface area contributed by atoms with Gasteiger partial charge in [-0.2, -0.15) is 0 Å². The summed E-state index contributed by atoms with van der Waals surface area (Å²) in [4.78, 5) is 5.02. The number of rotatable bonds is 3. The van der Waals surface area contributed by atoms with E-state index < -0.39 is 0 Å². The van der Waals surface area contributed by atoms with Crippen molar-refractivity contribution in [1.29, 1.82) is 0 Å². The summed E-state index contributed by atoms with van der Waals surface area (Å²) in [6.45, 7) is 12.7. The van der Waals surface area contributed by atoms with Gasteiger partial charge in [0.1, 0.15) is 0 Å². The molecule has 78 valence electrons. The maximum Gasteiger partial charge on any atom is 0.0652 e. The molecule has 0 amide bonds. The molecule has 3 nitrogen and oxygen atoms in total. The van der Waals surface area contributed by atoms with E-state index in [2.05, 4.69) is 35.9 Å². The average Bonchev–Trinajstić information content (AvgIpc) is 2.18. The molecule has 0 atom stereocenters. The highest BCUT2D eigenvalue weighted by Gasteiger charge is 2.27. The van der Waals surface area contributed by atoms with Crippen molar-refractivity contribution < 1.29 is 0 Å². The molecule has 0 aromatic carbocycles. The van der Waals surface area contributed by atoms with Gasteiger partial charge in [-0.15, -0.1) is 0 Å². The number of likely N-dealkylation sites (N-methyl/N-ethyl adjacent to an activating group) is 1. The van der Waals surface area contributed by atoms with Crippen LogP contribution in [0.15, 0.2) is 0 Å². The molecular weight excluding hydrogens is 162 g/mol. The number of hydrogen-bond acceptors (Lipinski definition) is 3. The second-order valence-electron chi connectivity index (χ2n) is 4.23. The fraction of sp³-hybridized carbons (Fsp3) is 1.00. The lowest BCUT2D eigenvalue weighted by atomic mass is 10.1. The van der Waals surface area contributed by atoms with E-state index in [-0.39, 0.29) is 5.66 Å². The minimum atomic E-state index is 0.153. The molecule has 1 aliphatic heterocycles. The molecule has 13 heavy (non-hydrogen) atoms. The van der Waals surface area contributed by atoms with Gasteiger partial charge in [0.05, 0.1) is 5.66 Å². The van der Waals surface area contributed by atoms with Crippen LogP contribution in [0.4, 0.5) is 0 Å². The summed E-state index contributed by atoms with van der Waals surface area (Å²) in [5.41, 5.74) is 0.153. The van der Waals surface area contributed by atoms with Gasteiger partial charge in [0.15, 0.2) is 0 Å². The lowest BCUT2D eigenvalue weighted by molar-refractivity contribution is 0.0386. The van der Waals surface area contributed by atoms with Crippen LogP contribution in [0, 0.1) is 0 Å². The SMILES string of the molecule is CCN1CCN(C(C)(C)NC)CC1. The van der Waals surface area contributed by atoms with E-state index in [0.717, 1.165) is 0 Å². The van der Waals surface area contributed by atoms with Crippen LogP contribution in [0.2, 0.25) is 0 Å². The van der Waals surface area contributed by atoms with Crippen molar-refractivity contribution in [1.82, 2.24) is 15.1 Å². The molecule has 0 aromatic rings. The maximum atomic E-state index is 3.35. The van der Waals surface area contributed by atoms with E-state index in [1.165, 1.54) is 32.7 Å². The molecule has 0 spiro atoms. The van der Waals surface area contributed by atoms with E-state index in [9.17, 15) is 0 Å². The third kappa shape index (κ3) is 2.66. The topological polar surface area (TPSA) is 18.5 Å². The number of nitrogens with one attached hydrogen (secondary N) is 1. The largest absolute Gasteiger partial charge is 0.303 e. The first kappa shape index (κ1) is 11.0. The Kier molecular flexibility index (Phi) is 3.71. The van der Waals surface area contributed by atoms with Crippen molar-refractivity contribution in [3.8, 4) is 0 Å². The standard InChI is InChI=1S/C10H23N3/c1-5-12-6-8-13(9-7-12)10(2,3)11-4/h11H,5-9H2,1-4H3. The van der Waals surface area contributed by atoms with Crippen LogP contribution < -0.4 is 5.32 Å². The second-order valence-corrected chi connectivity index (χ2v) is 4.23. The molecule has 1 rings (SSSR count). The predicted octanol–water partition coefficient (Wildman–Crippen LogP) is 0.579. The zero-order chi connectivity index (χ0) is 9.90. The molecule has 0 saturated carbocycles. The van der Waals surface area contributed by atoms with Gasteiger partial charge in [0.2, 0.25) is 0 Å². The summed E-state index contributed by atoms with van der Waals surface area (Å²) in [5, 5.41) is 3.35. The Balaban J connectivity index is 2.40. The van der Waals surface area contributed by atoms with Crippen molar-refractivity contribution >= 4 is 0 Å². The average molecular weight is 185 g/mol. The quantitative estimate of drug-likeness (QED) is 0.694. The molecule has 0 aliphatic carbocycles. The summed E-state index contributed by atoms with van der Waals surface area (Å²) < 4.78 is 0. The van der Waals surface area contributed by atoms with Crippen LogP contribution >= 0.6 is 0 Å². The van der Waals surface area contributed by atoms with Gasteiger partial charge >= 0.3 is 0 Å². The van der Waals surface area contributed by atoms with Crippen LogP contribution in [0.25, 0.3) is 0 Å². The monoisotopic (exact) mass is 185 g/mol. The number of nitrogens with zero attached hydrogens (tertiary/aromatic N) is 2. The smallest absolute Gasteiger partial charge is 0.0652 e. The summed E-state index contributed by atoms with van der Waals surface area (Å²) in [5.74, 6) is 0. The number of hydrogen-bond donors (Lipinski definition) is 1. The summed E-state index contributed by atoms with van der Waals surface area (Å²) in [6, 6.07) is 0. The van der Waals surface area contributed by atoms with Gasteiger partial charge in [-0.05, 0) is 27.4 Å². The third-order valence-corrected chi connectivity index (χ3v) is 3.22. The van der Waals surface area contributed by atoms with Gasteiger partial charge in [-0.3, -0.25) is 4.90 Å². The first-order chi connectivity index (χ1) is 6.10. The zero-order valence-corrected chi connectivity index (χ0v) is 9.43. The minimum absolute atomic E-state index is 0.153. The molecule has 0 radical (unpaired) electrons. The lowest BCUT2D eigenvalue weighted by Crippen LogP contribution is -2.59. The first-order valence-corrected chi connectivity index (χ1v) is 5.26. The molecule has 0 aromatic heterocycles. The van der Waals surface area contributed by atoms with Crippen LogP contribution in [-0.4, -0.2) is 55.2 Å². The van der Waals surface area contributed by atoms with Crippen molar-refractivity contribution in [3.05, 3.63) is 0 Å². The molecule has 0 unspecified atom stereocenters. The Morgan fingerprint density at radius 3 is 2.08 bits per heavy atom. The van der Waals surface area contributed by atoms with Gasteiger partial charge in [0, 0.05) is 26.2 Å². The van der Waals surface area contributed by atoms with Crippen LogP contribution in [0.1, 0.15) is 20.8 Å². The molecule has 1 heterocycles. The van der Waals surface area contributed by atoms with Crippen LogP contribution in [0.5, 0.6) is 0 Å². The van der Waals surface area contributed by atoms with E-state index >= 15 is 0 Å². The Labute approximate surface area is 82.1 Å². The van der Waals surface area contributed by atoms with E-state index in [0.29, 0.717) is 0 Å². The van der Waals surface area contributed by atoms with Crippen molar-refractivity contribution in [3.63, 3.8) is 0 Å². The molecule has 1 aliphatic rings. The van der Waals surface area contributed by atoms with E-state index in [1.54, 1.807) is 0 Å². The molecule has 1 fully saturated rings. The fourth-order valence-electron chi connectivity index (χ4n) is 1.78. The molecule has 1 saturated heterocycles. The first-order valence-electron chi connectivity index (χ1n) is 5.26. The lowest BCUT2D eigenvalue weighted by Gasteiger charge is -2.43. The third-order valence-electron chi connectivity index (χ3n) is 3.22. The van der Waals surface area contributed by atoms with Gasteiger partial charge < -0.3 is 10.2 Å². The molecule has 0 bridgehead atoms. The maximum absolute atomic E-state index is 3.35. The highest BCUT2D eigenvalue weighted by Crippen LogP contribution is 2.12. The van der Waals surface area contributed by atoms with Crippen molar-refractivity contribution in [2.75, 3.05) is 39.8 Å². The van der Waals surface area contributed by atoms with Crippen LogP contribution in [0.3, 0.4) is 0 Å². The van der Waals surface area contributed by atoms with Gasteiger partial charge in [0.25, 0.3) is 0 Å². The highest BCUT2D eigenvalue weighted by atomic mass is 15.4. The van der Waals surface area contributed by atoms with Crippen molar-refractivity contribution in [2.45, 2.75) is 26.4 Å². The van der Waals surface area contributed by atoms with Crippen molar-refractivity contribution in [2.24, 2.45) is 0 Å².